The van der Waals surface area contributed by atoms with Gasteiger partial charge in [0.1, 0.15) is 11.9 Å². The van der Waals surface area contributed by atoms with E-state index >= 15 is 0 Å². The zero-order chi connectivity index (χ0) is 13.1. The molecule has 1 heterocycles. The van der Waals surface area contributed by atoms with Gasteiger partial charge in [0.25, 0.3) is 0 Å². The first-order chi connectivity index (χ1) is 8.58. The average Bonchev–Trinajstić information content (AvgIpc) is 2.32. The number of hydrogen-bond acceptors (Lipinski definition) is 3. The number of carboxylic acid groups (broad SMARTS) is 1. The Hall–Kier alpha value is -1.46. The number of benzene rings is 1. The summed E-state index contributed by atoms with van der Waals surface area (Å²) in [5, 5.41) is 18.7. The molecule has 0 radical (unpaired) electrons. The molecule has 0 spiro atoms. The van der Waals surface area contributed by atoms with Gasteiger partial charge < -0.3 is 10.2 Å². The fourth-order valence-electron chi connectivity index (χ4n) is 2.33. The maximum absolute atomic E-state index is 13.2. The quantitative estimate of drug-likeness (QED) is 0.855. The van der Waals surface area contributed by atoms with Crippen molar-refractivity contribution in [2.75, 3.05) is 13.1 Å². The predicted molar refractivity (Wildman–Crippen MR) is 63.6 cm³/mol. The minimum Gasteiger partial charge on any atom is -0.480 e. The van der Waals surface area contributed by atoms with E-state index in [1.807, 2.05) is 0 Å². The molecule has 1 aliphatic heterocycles. The Bertz CT molecular complexity index is 430. The molecule has 1 aliphatic rings. The Morgan fingerprint density at radius 2 is 2.06 bits per heavy atom. The van der Waals surface area contributed by atoms with E-state index in [9.17, 15) is 19.4 Å². The number of aliphatic hydroxyl groups excluding tert-OH is 1. The summed E-state index contributed by atoms with van der Waals surface area (Å²) in [6.07, 6.45) is 0.751. The number of carboxylic acids is 1. The highest BCUT2D eigenvalue weighted by molar-refractivity contribution is 5.75. The SMILES string of the molecule is O=C(O)C(c1cccc(F)c1)N1CCC(O)CC1. The van der Waals surface area contributed by atoms with Crippen molar-refractivity contribution < 1.29 is 19.4 Å². The van der Waals surface area contributed by atoms with Gasteiger partial charge in [0.05, 0.1) is 6.10 Å². The van der Waals surface area contributed by atoms with Crippen LogP contribution in [0.4, 0.5) is 4.39 Å². The Morgan fingerprint density at radius 3 is 2.61 bits per heavy atom. The molecule has 1 unspecified atom stereocenters. The number of likely N-dealkylation sites (tertiary alicyclic amines) is 1. The van der Waals surface area contributed by atoms with Gasteiger partial charge in [0.15, 0.2) is 0 Å². The fraction of sp³-hybridized carbons (Fsp3) is 0.462. The Balaban J connectivity index is 2.21. The second-order valence-electron chi connectivity index (χ2n) is 4.56. The summed E-state index contributed by atoms with van der Waals surface area (Å²) in [5.74, 6) is -1.42. The first kappa shape index (κ1) is 13.0. The molecule has 2 rings (SSSR count). The van der Waals surface area contributed by atoms with E-state index in [0.29, 0.717) is 31.5 Å². The summed E-state index contributed by atoms with van der Waals surface area (Å²) >= 11 is 0. The van der Waals surface area contributed by atoms with Crippen LogP contribution in [0, 0.1) is 5.82 Å². The van der Waals surface area contributed by atoms with Crippen LogP contribution in [0.15, 0.2) is 24.3 Å². The normalized spacial score (nSPS) is 19.7. The number of rotatable bonds is 3. The summed E-state index contributed by atoms with van der Waals surface area (Å²) in [6, 6.07) is 4.84. The van der Waals surface area contributed by atoms with Crippen molar-refractivity contribution in [3.05, 3.63) is 35.6 Å². The van der Waals surface area contributed by atoms with Gasteiger partial charge in [-0.05, 0) is 30.5 Å². The Morgan fingerprint density at radius 1 is 1.39 bits per heavy atom. The van der Waals surface area contributed by atoms with Gasteiger partial charge >= 0.3 is 5.97 Å². The molecule has 0 saturated carbocycles. The maximum atomic E-state index is 13.2. The summed E-state index contributed by atoms with van der Waals surface area (Å²) in [7, 11) is 0. The summed E-state index contributed by atoms with van der Waals surface area (Å²) in [5.41, 5.74) is 0.443. The van der Waals surface area contributed by atoms with Crippen LogP contribution >= 0.6 is 0 Å². The fourth-order valence-corrected chi connectivity index (χ4v) is 2.33. The first-order valence-corrected chi connectivity index (χ1v) is 5.98. The average molecular weight is 253 g/mol. The van der Waals surface area contributed by atoms with Crippen LogP contribution in [-0.2, 0) is 4.79 Å². The summed E-state index contributed by atoms with van der Waals surface area (Å²) < 4.78 is 13.2. The van der Waals surface area contributed by atoms with E-state index in [0.717, 1.165) is 0 Å². The number of aliphatic carboxylic acids is 1. The molecule has 0 aliphatic carbocycles. The molecular weight excluding hydrogens is 237 g/mol. The Kier molecular flexibility index (Phi) is 3.93. The predicted octanol–water partition coefficient (Wildman–Crippen LogP) is 1.41. The molecule has 1 aromatic carbocycles. The second kappa shape index (κ2) is 5.46. The van der Waals surface area contributed by atoms with Crippen molar-refractivity contribution in [1.82, 2.24) is 4.90 Å². The van der Waals surface area contributed by atoms with Crippen molar-refractivity contribution >= 4 is 5.97 Å². The van der Waals surface area contributed by atoms with Gasteiger partial charge in [-0.2, -0.15) is 0 Å². The minimum absolute atomic E-state index is 0.358. The van der Waals surface area contributed by atoms with Crippen LogP contribution in [0.3, 0.4) is 0 Å². The molecule has 0 aromatic heterocycles. The number of nitrogens with zero attached hydrogens (tertiary/aromatic N) is 1. The molecule has 5 heteroatoms. The lowest BCUT2D eigenvalue weighted by atomic mass is 10.0. The van der Waals surface area contributed by atoms with Gasteiger partial charge in [-0.15, -0.1) is 0 Å². The zero-order valence-corrected chi connectivity index (χ0v) is 9.92. The molecule has 4 nitrogen and oxygen atoms in total. The van der Waals surface area contributed by atoms with Gasteiger partial charge in [-0.25, -0.2) is 4.39 Å². The zero-order valence-electron chi connectivity index (χ0n) is 9.92. The number of halogens is 1. The highest BCUT2D eigenvalue weighted by atomic mass is 19.1. The minimum atomic E-state index is -0.989. The van der Waals surface area contributed by atoms with Gasteiger partial charge in [0, 0.05) is 13.1 Å². The lowest BCUT2D eigenvalue weighted by Crippen LogP contribution is -2.41. The second-order valence-corrected chi connectivity index (χ2v) is 4.56. The van der Waals surface area contributed by atoms with Crippen molar-refractivity contribution in [2.24, 2.45) is 0 Å². The molecule has 1 aromatic rings. The van der Waals surface area contributed by atoms with Crippen molar-refractivity contribution in [1.29, 1.82) is 0 Å². The molecule has 98 valence electrons. The lowest BCUT2D eigenvalue weighted by Gasteiger charge is -2.34. The Labute approximate surface area is 105 Å². The van der Waals surface area contributed by atoms with E-state index in [1.165, 1.54) is 18.2 Å². The van der Waals surface area contributed by atoms with Crippen LogP contribution in [0.2, 0.25) is 0 Å². The highest BCUT2D eigenvalue weighted by Crippen LogP contribution is 2.25. The topological polar surface area (TPSA) is 60.8 Å². The van der Waals surface area contributed by atoms with Gasteiger partial charge in [-0.3, -0.25) is 9.69 Å². The summed E-state index contributed by atoms with van der Waals surface area (Å²) in [6.45, 7) is 1.02. The molecule has 18 heavy (non-hydrogen) atoms. The summed E-state index contributed by atoms with van der Waals surface area (Å²) in [4.78, 5) is 13.1. The van der Waals surface area contributed by atoms with E-state index in [4.69, 9.17) is 0 Å². The van der Waals surface area contributed by atoms with Crippen molar-refractivity contribution in [2.45, 2.75) is 25.0 Å². The number of piperidine rings is 1. The van der Waals surface area contributed by atoms with E-state index in [-0.39, 0.29) is 6.10 Å². The van der Waals surface area contributed by atoms with Crippen LogP contribution < -0.4 is 0 Å². The molecule has 0 bridgehead atoms. The van der Waals surface area contributed by atoms with E-state index in [2.05, 4.69) is 0 Å². The molecule has 1 fully saturated rings. The molecule has 2 N–H and O–H groups in total. The van der Waals surface area contributed by atoms with Crippen LogP contribution in [0.1, 0.15) is 24.4 Å². The standard InChI is InChI=1S/C13H16FNO3/c14-10-3-1-2-9(8-10)12(13(17)18)15-6-4-11(16)5-7-15/h1-3,8,11-12,16H,4-7H2,(H,17,18). The number of hydrogen-bond donors (Lipinski definition) is 2. The van der Waals surface area contributed by atoms with Crippen molar-refractivity contribution in [3.63, 3.8) is 0 Å². The van der Waals surface area contributed by atoms with E-state index < -0.39 is 17.8 Å². The monoisotopic (exact) mass is 253 g/mol. The van der Waals surface area contributed by atoms with Crippen LogP contribution in [0.25, 0.3) is 0 Å². The lowest BCUT2D eigenvalue weighted by molar-refractivity contribution is -0.144. The van der Waals surface area contributed by atoms with Gasteiger partial charge in [0.2, 0.25) is 0 Å². The smallest absolute Gasteiger partial charge is 0.325 e. The van der Waals surface area contributed by atoms with Crippen LogP contribution in [-0.4, -0.2) is 40.3 Å². The molecular formula is C13H16FNO3. The van der Waals surface area contributed by atoms with Crippen LogP contribution in [0.5, 0.6) is 0 Å². The first-order valence-electron chi connectivity index (χ1n) is 5.98. The van der Waals surface area contributed by atoms with E-state index in [1.54, 1.807) is 11.0 Å². The number of aliphatic hydroxyl groups is 1. The number of carbonyl (C=O) groups is 1. The molecule has 0 amide bonds. The highest BCUT2D eigenvalue weighted by Gasteiger charge is 2.30. The third kappa shape index (κ3) is 2.86. The molecule has 1 saturated heterocycles. The molecule has 1 atom stereocenters. The van der Waals surface area contributed by atoms with Gasteiger partial charge in [-0.1, -0.05) is 12.1 Å². The third-order valence-corrected chi connectivity index (χ3v) is 3.26. The largest absolute Gasteiger partial charge is 0.480 e. The van der Waals surface area contributed by atoms with Crippen molar-refractivity contribution in [3.8, 4) is 0 Å². The maximum Gasteiger partial charge on any atom is 0.325 e. The third-order valence-electron chi connectivity index (χ3n) is 3.26.